The number of rotatable bonds is 6. The predicted molar refractivity (Wildman–Crippen MR) is 109 cm³/mol. The van der Waals surface area contributed by atoms with Gasteiger partial charge in [-0.1, -0.05) is 10.3 Å². The summed E-state index contributed by atoms with van der Waals surface area (Å²) in [7, 11) is -3.73. The third-order valence-corrected chi connectivity index (χ3v) is 6.46. The van der Waals surface area contributed by atoms with Crippen LogP contribution in [0, 0.1) is 11.7 Å². The van der Waals surface area contributed by atoms with Crippen molar-refractivity contribution in [2.24, 2.45) is 11.1 Å². The highest BCUT2D eigenvalue weighted by atomic mass is 79.9. The number of hydrogen-bond acceptors (Lipinski definition) is 8. The lowest BCUT2D eigenvalue weighted by atomic mass is 9.83. The van der Waals surface area contributed by atoms with Crippen LogP contribution in [0.25, 0.3) is 17.2 Å². The summed E-state index contributed by atoms with van der Waals surface area (Å²) in [6.45, 7) is 0. The van der Waals surface area contributed by atoms with Crippen molar-refractivity contribution < 1.29 is 22.0 Å². The molecule has 1 fully saturated rings. The van der Waals surface area contributed by atoms with E-state index in [2.05, 4.69) is 36.1 Å². The van der Waals surface area contributed by atoms with E-state index in [1.54, 1.807) is 0 Å². The van der Waals surface area contributed by atoms with E-state index in [1.165, 1.54) is 18.2 Å². The molecule has 1 aliphatic carbocycles. The summed E-state index contributed by atoms with van der Waals surface area (Å²) in [5, 5.41) is 16.7. The Bertz CT molecular complexity index is 1250. The average Bonchev–Trinajstić information content (AvgIpc) is 3.30. The van der Waals surface area contributed by atoms with Crippen LogP contribution < -0.4 is 15.6 Å². The van der Waals surface area contributed by atoms with Crippen molar-refractivity contribution >= 4 is 26.1 Å². The van der Waals surface area contributed by atoms with Crippen molar-refractivity contribution in [3.05, 3.63) is 44.7 Å². The highest BCUT2D eigenvalue weighted by Crippen LogP contribution is 2.30. The molecule has 2 heterocycles. The van der Waals surface area contributed by atoms with Crippen LogP contribution in [-0.2, 0) is 16.6 Å². The Balaban J connectivity index is 1.55. The fourth-order valence-corrected chi connectivity index (χ4v) is 4.82. The lowest BCUT2D eigenvalue weighted by molar-refractivity contribution is 0.287. The van der Waals surface area contributed by atoms with Crippen LogP contribution in [0.2, 0.25) is 0 Å². The first kappa shape index (κ1) is 21.8. The second kappa shape index (κ2) is 8.61. The maximum Gasteiger partial charge on any atom is 0.446 e. The van der Waals surface area contributed by atoms with Crippen LogP contribution in [0.5, 0.6) is 0 Å². The molecule has 1 saturated carbocycles. The molecule has 14 heteroatoms. The quantitative estimate of drug-likeness (QED) is 0.500. The molecule has 31 heavy (non-hydrogen) atoms. The minimum absolute atomic E-state index is 0.0873. The number of nitrogens with one attached hydrogen (secondary N) is 1. The number of hydrogen-bond donors (Lipinski definition) is 2. The maximum atomic E-state index is 13.6. The summed E-state index contributed by atoms with van der Waals surface area (Å²) in [6.07, 6.45) is 3.26. The van der Waals surface area contributed by atoms with Gasteiger partial charge in [0.2, 0.25) is 5.82 Å². The van der Waals surface area contributed by atoms with Gasteiger partial charge in [0.15, 0.2) is 5.69 Å². The van der Waals surface area contributed by atoms with Crippen molar-refractivity contribution in [3.8, 4) is 17.2 Å². The molecule has 0 unspecified atom stereocenters. The Morgan fingerprint density at radius 2 is 1.97 bits per heavy atom. The van der Waals surface area contributed by atoms with Crippen molar-refractivity contribution in [1.29, 1.82) is 0 Å². The van der Waals surface area contributed by atoms with E-state index < -0.39 is 21.8 Å². The fraction of sp³-hybridized carbons (Fsp3) is 0.412. The summed E-state index contributed by atoms with van der Waals surface area (Å²) in [5.74, 6) is -0.955. The molecule has 0 saturated heterocycles. The van der Waals surface area contributed by atoms with Crippen LogP contribution in [0.15, 0.2) is 36.6 Å². The van der Waals surface area contributed by atoms with Gasteiger partial charge in [0.25, 0.3) is 10.2 Å². The molecule has 0 spiro atoms. The van der Waals surface area contributed by atoms with E-state index in [-0.39, 0.29) is 28.0 Å². The molecule has 11 nitrogen and oxygen atoms in total. The zero-order valence-electron chi connectivity index (χ0n) is 16.0. The van der Waals surface area contributed by atoms with Crippen LogP contribution >= 0.6 is 15.9 Å². The van der Waals surface area contributed by atoms with E-state index in [1.807, 2.05) is 0 Å². The zero-order valence-corrected chi connectivity index (χ0v) is 18.4. The van der Waals surface area contributed by atoms with Crippen molar-refractivity contribution in [3.63, 3.8) is 0 Å². The van der Waals surface area contributed by atoms with Crippen LogP contribution in [-0.4, -0.2) is 34.5 Å². The molecule has 2 aromatic heterocycles. The third-order valence-electron chi connectivity index (χ3n) is 5.19. The van der Waals surface area contributed by atoms with Gasteiger partial charge < -0.3 is 0 Å². The Labute approximate surface area is 184 Å². The molecule has 0 amide bonds. The second-order valence-electron chi connectivity index (χ2n) is 7.35. The van der Waals surface area contributed by atoms with Crippen molar-refractivity contribution in [1.82, 2.24) is 24.8 Å². The molecular formula is C17H18BrFN6O5S. The average molecular weight is 517 g/mol. The topological polar surface area (TPSA) is 159 Å². The number of nitrogens with two attached hydrogens (primary N) is 1. The minimum Gasteiger partial charge on any atom is -0.295 e. The predicted octanol–water partition coefficient (Wildman–Crippen LogP) is 1.67. The molecule has 3 aromatic rings. The standard InChI is InChI=1S/C17H18BrFN6O5S/c18-12-8-11(5-6-13(12)19)25-16(23-29-17(25)26)15-14(21-30-22-15)7-9-1-3-10(4-2-9)24-31(20,27)28/h5-6,8-10,24H,1-4,7H2,(H2,20,27,28). The van der Waals surface area contributed by atoms with E-state index in [0.717, 1.165) is 17.4 Å². The number of halogens is 2. The molecule has 166 valence electrons. The smallest absolute Gasteiger partial charge is 0.295 e. The van der Waals surface area contributed by atoms with Gasteiger partial charge in [-0.25, -0.2) is 23.5 Å². The summed E-state index contributed by atoms with van der Waals surface area (Å²) in [5.41, 5.74) is 1.07. The summed E-state index contributed by atoms with van der Waals surface area (Å²) >= 11 is 3.09. The van der Waals surface area contributed by atoms with Gasteiger partial charge >= 0.3 is 5.76 Å². The van der Waals surface area contributed by atoms with Gasteiger partial charge in [-0.05, 0) is 77.3 Å². The highest BCUT2D eigenvalue weighted by molar-refractivity contribution is 9.10. The molecule has 4 rings (SSSR count). The van der Waals surface area contributed by atoms with Gasteiger partial charge in [-0.15, -0.1) is 0 Å². The van der Waals surface area contributed by atoms with Crippen LogP contribution in [0.1, 0.15) is 31.4 Å². The zero-order chi connectivity index (χ0) is 22.2. The van der Waals surface area contributed by atoms with Gasteiger partial charge in [-0.2, -0.15) is 13.1 Å². The maximum absolute atomic E-state index is 13.6. The molecule has 0 radical (unpaired) electrons. The fourth-order valence-electron chi connectivity index (χ4n) is 3.75. The summed E-state index contributed by atoms with van der Waals surface area (Å²) in [6, 6.07) is 3.84. The van der Waals surface area contributed by atoms with E-state index in [9.17, 15) is 17.6 Å². The second-order valence-corrected chi connectivity index (χ2v) is 9.53. The minimum atomic E-state index is -3.73. The van der Waals surface area contributed by atoms with E-state index in [4.69, 9.17) is 14.3 Å². The molecule has 0 aliphatic heterocycles. The lowest BCUT2D eigenvalue weighted by Crippen LogP contribution is -2.41. The van der Waals surface area contributed by atoms with Gasteiger partial charge in [0.05, 0.1) is 10.2 Å². The Morgan fingerprint density at radius 3 is 2.65 bits per heavy atom. The Hall–Kier alpha value is -2.42. The highest BCUT2D eigenvalue weighted by Gasteiger charge is 2.28. The largest absolute Gasteiger partial charge is 0.446 e. The molecule has 0 atom stereocenters. The number of aromatic nitrogens is 4. The molecule has 1 aromatic carbocycles. The first-order valence-electron chi connectivity index (χ1n) is 9.37. The van der Waals surface area contributed by atoms with Crippen molar-refractivity contribution in [2.45, 2.75) is 38.1 Å². The SMILES string of the molecule is NS(=O)(=O)NC1CCC(Cc2nonc2-c2noc(=O)n2-c2ccc(F)c(Br)c2)CC1. The van der Waals surface area contributed by atoms with Gasteiger partial charge in [-0.3, -0.25) is 4.52 Å². The first-order valence-corrected chi connectivity index (χ1v) is 11.7. The normalized spacial score (nSPS) is 19.6. The Morgan fingerprint density at radius 1 is 1.23 bits per heavy atom. The monoisotopic (exact) mass is 516 g/mol. The van der Waals surface area contributed by atoms with Gasteiger partial charge in [0, 0.05) is 6.04 Å². The molecule has 0 bridgehead atoms. The van der Waals surface area contributed by atoms with Gasteiger partial charge in [0.1, 0.15) is 11.5 Å². The first-order chi connectivity index (χ1) is 14.7. The van der Waals surface area contributed by atoms with Crippen LogP contribution in [0.3, 0.4) is 0 Å². The van der Waals surface area contributed by atoms with Crippen molar-refractivity contribution in [2.75, 3.05) is 0 Å². The number of nitrogens with zero attached hydrogens (tertiary/aromatic N) is 4. The van der Waals surface area contributed by atoms with E-state index >= 15 is 0 Å². The third kappa shape index (κ3) is 4.92. The summed E-state index contributed by atoms with van der Waals surface area (Å²) in [4.78, 5) is 12.3. The summed E-state index contributed by atoms with van der Waals surface area (Å²) < 4.78 is 49.5. The molecule has 3 N–H and O–H groups in total. The number of benzene rings is 1. The van der Waals surface area contributed by atoms with E-state index in [0.29, 0.717) is 30.6 Å². The molecule has 1 aliphatic rings. The Kier molecular flexibility index (Phi) is 6.05. The lowest BCUT2D eigenvalue weighted by Gasteiger charge is -2.27. The van der Waals surface area contributed by atoms with Crippen LogP contribution in [0.4, 0.5) is 4.39 Å². The molecular weight excluding hydrogens is 499 g/mol.